The SMILES string of the molecule is CN1Cc2ccccc2N(C(=O)c2ccc(N3CCCC3)cc2O)CC1=O. The van der Waals surface area contributed by atoms with Gasteiger partial charge in [0.05, 0.1) is 5.56 Å². The molecule has 2 aliphatic rings. The fourth-order valence-corrected chi connectivity index (χ4v) is 3.79. The van der Waals surface area contributed by atoms with Gasteiger partial charge in [-0.2, -0.15) is 0 Å². The second kappa shape index (κ2) is 6.95. The van der Waals surface area contributed by atoms with E-state index in [9.17, 15) is 14.7 Å². The fourth-order valence-electron chi connectivity index (χ4n) is 3.79. The van der Waals surface area contributed by atoms with Crippen molar-refractivity contribution in [2.24, 2.45) is 0 Å². The number of likely N-dealkylation sites (N-methyl/N-ethyl adjacent to an activating group) is 1. The van der Waals surface area contributed by atoms with Gasteiger partial charge in [0, 0.05) is 44.1 Å². The third-order valence-electron chi connectivity index (χ3n) is 5.34. The zero-order valence-electron chi connectivity index (χ0n) is 15.4. The molecule has 0 radical (unpaired) electrons. The summed E-state index contributed by atoms with van der Waals surface area (Å²) in [6.45, 7) is 2.35. The number of carbonyl (C=O) groups excluding carboxylic acids is 2. The second-order valence-corrected chi connectivity index (χ2v) is 7.17. The van der Waals surface area contributed by atoms with Gasteiger partial charge in [0.2, 0.25) is 5.91 Å². The van der Waals surface area contributed by atoms with Crippen molar-refractivity contribution in [3.63, 3.8) is 0 Å². The number of phenolic OH excluding ortho intramolecular Hbond substituents is 1. The number of phenols is 1. The first-order valence-corrected chi connectivity index (χ1v) is 9.26. The Bertz CT molecular complexity index is 890. The van der Waals surface area contributed by atoms with Crippen LogP contribution in [0.15, 0.2) is 42.5 Å². The number of fused-ring (bicyclic) bond motifs is 1. The number of anilines is 2. The molecule has 0 aromatic heterocycles. The highest BCUT2D eigenvalue weighted by Gasteiger charge is 2.29. The third kappa shape index (κ3) is 3.23. The maximum absolute atomic E-state index is 13.2. The molecule has 27 heavy (non-hydrogen) atoms. The summed E-state index contributed by atoms with van der Waals surface area (Å²) in [5.41, 5.74) is 2.76. The molecule has 0 spiro atoms. The Balaban J connectivity index is 1.68. The van der Waals surface area contributed by atoms with Crippen LogP contribution in [-0.2, 0) is 11.3 Å². The van der Waals surface area contributed by atoms with Gasteiger partial charge in [0.15, 0.2) is 0 Å². The lowest BCUT2D eigenvalue weighted by atomic mass is 10.1. The Morgan fingerprint density at radius 1 is 1.04 bits per heavy atom. The molecular weight excluding hydrogens is 342 g/mol. The first kappa shape index (κ1) is 17.4. The molecule has 6 heteroatoms. The molecule has 2 aromatic rings. The monoisotopic (exact) mass is 365 g/mol. The predicted octanol–water partition coefficient (Wildman–Crippen LogP) is 2.61. The van der Waals surface area contributed by atoms with Crippen molar-refractivity contribution in [3.05, 3.63) is 53.6 Å². The zero-order chi connectivity index (χ0) is 19.0. The summed E-state index contributed by atoms with van der Waals surface area (Å²) in [6, 6.07) is 12.7. The highest BCUT2D eigenvalue weighted by Crippen LogP contribution is 2.31. The molecular formula is C21H23N3O3. The average Bonchev–Trinajstić information content (AvgIpc) is 3.17. The summed E-state index contributed by atoms with van der Waals surface area (Å²) in [5.74, 6) is -0.545. The van der Waals surface area contributed by atoms with Crippen molar-refractivity contribution in [2.45, 2.75) is 19.4 Å². The number of hydrogen-bond acceptors (Lipinski definition) is 4. The Morgan fingerprint density at radius 2 is 1.78 bits per heavy atom. The van der Waals surface area contributed by atoms with Gasteiger partial charge < -0.3 is 14.9 Å². The number of para-hydroxylation sites is 1. The Kier molecular flexibility index (Phi) is 4.48. The van der Waals surface area contributed by atoms with Gasteiger partial charge in [-0.15, -0.1) is 0 Å². The van der Waals surface area contributed by atoms with E-state index in [0.29, 0.717) is 12.2 Å². The molecule has 2 amide bonds. The van der Waals surface area contributed by atoms with E-state index in [1.54, 1.807) is 24.1 Å². The maximum Gasteiger partial charge on any atom is 0.262 e. The quantitative estimate of drug-likeness (QED) is 0.889. The topological polar surface area (TPSA) is 64.1 Å². The minimum absolute atomic E-state index is 0.0420. The highest BCUT2D eigenvalue weighted by molar-refractivity contribution is 6.11. The van der Waals surface area contributed by atoms with Crippen molar-refractivity contribution in [2.75, 3.05) is 36.5 Å². The average molecular weight is 365 g/mol. The highest BCUT2D eigenvalue weighted by atomic mass is 16.3. The second-order valence-electron chi connectivity index (χ2n) is 7.17. The van der Waals surface area contributed by atoms with Gasteiger partial charge in [-0.05, 0) is 36.6 Å². The molecule has 1 saturated heterocycles. The van der Waals surface area contributed by atoms with Crippen molar-refractivity contribution < 1.29 is 14.7 Å². The van der Waals surface area contributed by atoms with Crippen LogP contribution in [-0.4, -0.2) is 48.5 Å². The van der Waals surface area contributed by atoms with Crippen molar-refractivity contribution in [3.8, 4) is 5.75 Å². The van der Waals surface area contributed by atoms with E-state index in [1.807, 2.05) is 30.3 Å². The lowest BCUT2D eigenvalue weighted by Gasteiger charge is -2.23. The standard InChI is InChI=1S/C21H23N3O3/c1-22-13-15-6-2-3-7-18(15)24(14-20(22)26)21(27)17-9-8-16(12-19(17)25)23-10-4-5-11-23/h2-3,6-9,12,25H,4-5,10-11,13-14H2,1H3. The van der Waals surface area contributed by atoms with Crippen molar-refractivity contribution in [1.82, 2.24) is 4.90 Å². The van der Waals surface area contributed by atoms with Crippen LogP contribution in [0.4, 0.5) is 11.4 Å². The molecule has 0 bridgehead atoms. The van der Waals surface area contributed by atoms with E-state index in [1.165, 1.54) is 4.90 Å². The molecule has 0 aliphatic carbocycles. The number of aromatic hydroxyl groups is 1. The van der Waals surface area contributed by atoms with Crippen LogP contribution < -0.4 is 9.80 Å². The van der Waals surface area contributed by atoms with Crippen LogP contribution in [0.25, 0.3) is 0 Å². The summed E-state index contributed by atoms with van der Waals surface area (Å²) in [6.07, 6.45) is 2.28. The Hall–Kier alpha value is -3.02. The molecule has 1 fully saturated rings. The molecule has 1 N–H and O–H groups in total. The van der Waals surface area contributed by atoms with E-state index in [0.717, 1.165) is 37.2 Å². The van der Waals surface area contributed by atoms with Crippen LogP contribution in [0.5, 0.6) is 5.75 Å². The van der Waals surface area contributed by atoms with Gasteiger partial charge in [-0.1, -0.05) is 18.2 Å². The lowest BCUT2D eigenvalue weighted by molar-refractivity contribution is -0.128. The number of hydrogen-bond donors (Lipinski definition) is 1. The minimum Gasteiger partial charge on any atom is -0.507 e. The molecule has 2 heterocycles. The van der Waals surface area contributed by atoms with Crippen LogP contribution in [0.2, 0.25) is 0 Å². The van der Waals surface area contributed by atoms with E-state index in [2.05, 4.69) is 4.90 Å². The smallest absolute Gasteiger partial charge is 0.262 e. The van der Waals surface area contributed by atoms with Crippen molar-refractivity contribution in [1.29, 1.82) is 0 Å². The molecule has 0 saturated carbocycles. The summed E-state index contributed by atoms with van der Waals surface area (Å²) >= 11 is 0. The first-order chi connectivity index (χ1) is 13.0. The summed E-state index contributed by atoms with van der Waals surface area (Å²) in [7, 11) is 1.73. The van der Waals surface area contributed by atoms with Crippen LogP contribution in [0, 0.1) is 0 Å². The van der Waals surface area contributed by atoms with E-state index < -0.39 is 0 Å². The zero-order valence-corrected chi connectivity index (χ0v) is 15.4. The molecule has 6 nitrogen and oxygen atoms in total. The molecule has 2 aliphatic heterocycles. The van der Waals surface area contributed by atoms with Gasteiger partial charge >= 0.3 is 0 Å². The summed E-state index contributed by atoms with van der Waals surface area (Å²) in [5, 5.41) is 10.5. The Labute approximate surface area is 158 Å². The number of carbonyl (C=O) groups is 2. The minimum atomic E-state index is -0.364. The van der Waals surface area contributed by atoms with Crippen LogP contribution >= 0.6 is 0 Å². The normalized spacial score (nSPS) is 17.1. The van der Waals surface area contributed by atoms with E-state index in [-0.39, 0.29) is 29.7 Å². The first-order valence-electron chi connectivity index (χ1n) is 9.26. The van der Waals surface area contributed by atoms with Crippen molar-refractivity contribution >= 4 is 23.2 Å². The third-order valence-corrected chi connectivity index (χ3v) is 5.34. The number of rotatable bonds is 2. The lowest BCUT2D eigenvalue weighted by Crippen LogP contribution is -2.38. The van der Waals surface area contributed by atoms with Gasteiger partial charge in [0.1, 0.15) is 12.3 Å². The number of amides is 2. The van der Waals surface area contributed by atoms with Gasteiger partial charge in [-0.25, -0.2) is 0 Å². The fraction of sp³-hybridized carbons (Fsp3) is 0.333. The van der Waals surface area contributed by atoms with Gasteiger partial charge in [-0.3, -0.25) is 14.5 Å². The molecule has 2 aromatic carbocycles. The maximum atomic E-state index is 13.2. The molecule has 4 rings (SSSR count). The summed E-state index contributed by atoms with van der Waals surface area (Å²) < 4.78 is 0. The van der Waals surface area contributed by atoms with Gasteiger partial charge in [0.25, 0.3) is 5.91 Å². The van der Waals surface area contributed by atoms with E-state index >= 15 is 0 Å². The Morgan fingerprint density at radius 3 is 2.52 bits per heavy atom. The molecule has 140 valence electrons. The number of benzene rings is 2. The van der Waals surface area contributed by atoms with Crippen LogP contribution in [0.1, 0.15) is 28.8 Å². The molecule has 0 unspecified atom stereocenters. The van der Waals surface area contributed by atoms with E-state index in [4.69, 9.17) is 0 Å². The largest absolute Gasteiger partial charge is 0.507 e. The van der Waals surface area contributed by atoms with Crippen LogP contribution in [0.3, 0.4) is 0 Å². The number of nitrogens with zero attached hydrogens (tertiary/aromatic N) is 3. The molecule has 0 atom stereocenters. The summed E-state index contributed by atoms with van der Waals surface area (Å²) in [4.78, 5) is 30.9. The predicted molar refractivity (Wildman–Crippen MR) is 104 cm³/mol.